The zero-order valence-corrected chi connectivity index (χ0v) is 12.8. The fourth-order valence-electron chi connectivity index (χ4n) is 1.99. The number of halogens is 1. The second-order valence-corrected chi connectivity index (χ2v) is 5.02. The van der Waals surface area contributed by atoms with Crippen LogP contribution in [-0.4, -0.2) is 35.6 Å². The number of hydrogen-bond acceptors (Lipinski definition) is 2. The molecule has 0 aromatic heterocycles. The Morgan fingerprint density at radius 1 is 1.48 bits per heavy atom. The molecule has 0 bridgehead atoms. The van der Waals surface area contributed by atoms with E-state index in [1.54, 1.807) is 18.0 Å². The van der Waals surface area contributed by atoms with E-state index in [9.17, 15) is 9.18 Å². The standard InChI is InChI=1S/C17H22FNO2/c1-4-7-13(2)19(3)17(21)15-10-9-14(12-16(15)18)8-5-6-11-20/h9-10,12-13,20H,4,6-7,11H2,1-3H3. The number of rotatable bonds is 5. The summed E-state index contributed by atoms with van der Waals surface area (Å²) in [4.78, 5) is 13.8. The van der Waals surface area contributed by atoms with Gasteiger partial charge in [0.2, 0.25) is 0 Å². The molecule has 114 valence electrons. The van der Waals surface area contributed by atoms with Gasteiger partial charge in [0.05, 0.1) is 12.2 Å². The van der Waals surface area contributed by atoms with Crippen LogP contribution in [0, 0.1) is 17.7 Å². The van der Waals surface area contributed by atoms with Crippen LogP contribution >= 0.6 is 0 Å². The van der Waals surface area contributed by atoms with Gasteiger partial charge in [-0.3, -0.25) is 4.79 Å². The van der Waals surface area contributed by atoms with Crippen molar-refractivity contribution in [2.24, 2.45) is 0 Å². The van der Waals surface area contributed by atoms with Crippen LogP contribution in [0.15, 0.2) is 18.2 Å². The molecule has 21 heavy (non-hydrogen) atoms. The molecule has 1 amide bonds. The van der Waals surface area contributed by atoms with Gasteiger partial charge in [-0.05, 0) is 31.5 Å². The molecule has 1 aromatic rings. The quantitative estimate of drug-likeness (QED) is 0.847. The van der Waals surface area contributed by atoms with Crippen LogP contribution in [0.2, 0.25) is 0 Å². The van der Waals surface area contributed by atoms with Gasteiger partial charge < -0.3 is 10.0 Å². The van der Waals surface area contributed by atoms with Crippen molar-refractivity contribution in [3.8, 4) is 11.8 Å². The first-order chi connectivity index (χ1) is 10.0. The van der Waals surface area contributed by atoms with Crippen molar-refractivity contribution < 1.29 is 14.3 Å². The van der Waals surface area contributed by atoms with Gasteiger partial charge in [0.15, 0.2) is 0 Å². The summed E-state index contributed by atoms with van der Waals surface area (Å²) in [5.74, 6) is 4.59. The van der Waals surface area contributed by atoms with Gasteiger partial charge in [-0.2, -0.15) is 0 Å². The zero-order chi connectivity index (χ0) is 15.8. The van der Waals surface area contributed by atoms with Crippen molar-refractivity contribution in [2.75, 3.05) is 13.7 Å². The molecular formula is C17H22FNO2. The van der Waals surface area contributed by atoms with E-state index < -0.39 is 5.82 Å². The fourth-order valence-corrected chi connectivity index (χ4v) is 1.99. The van der Waals surface area contributed by atoms with Gasteiger partial charge in [0.25, 0.3) is 5.91 Å². The summed E-state index contributed by atoms with van der Waals surface area (Å²) in [6.07, 6.45) is 2.20. The lowest BCUT2D eigenvalue weighted by Gasteiger charge is -2.24. The Hall–Kier alpha value is -1.86. The van der Waals surface area contributed by atoms with E-state index in [0.29, 0.717) is 12.0 Å². The molecule has 1 rings (SSSR count). The number of benzene rings is 1. The minimum Gasteiger partial charge on any atom is -0.395 e. The largest absolute Gasteiger partial charge is 0.395 e. The number of nitrogens with zero attached hydrogens (tertiary/aromatic N) is 1. The highest BCUT2D eigenvalue weighted by Crippen LogP contribution is 2.15. The molecular weight excluding hydrogens is 269 g/mol. The van der Waals surface area contributed by atoms with Gasteiger partial charge in [0.1, 0.15) is 5.82 Å². The monoisotopic (exact) mass is 291 g/mol. The van der Waals surface area contributed by atoms with Crippen LogP contribution in [0.5, 0.6) is 0 Å². The van der Waals surface area contributed by atoms with Crippen molar-refractivity contribution in [2.45, 2.75) is 39.2 Å². The van der Waals surface area contributed by atoms with Gasteiger partial charge in [0, 0.05) is 25.1 Å². The third-order valence-corrected chi connectivity index (χ3v) is 3.36. The summed E-state index contributed by atoms with van der Waals surface area (Å²) < 4.78 is 14.1. The first kappa shape index (κ1) is 17.2. The third-order valence-electron chi connectivity index (χ3n) is 3.36. The fraction of sp³-hybridized carbons (Fsp3) is 0.471. The SMILES string of the molecule is CCCC(C)N(C)C(=O)c1ccc(C#CCCO)cc1F. The summed E-state index contributed by atoms with van der Waals surface area (Å²) in [5, 5.41) is 8.65. The highest BCUT2D eigenvalue weighted by molar-refractivity contribution is 5.94. The number of carbonyl (C=O) groups is 1. The molecule has 1 aromatic carbocycles. The van der Waals surface area contributed by atoms with Crippen LogP contribution < -0.4 is 0 Å². The molecule has 0 radical (unpaired) electrons. The number of aliphatic hydroxyl groups excluding tert-OH is 1. The first-order valence-electron chi connectivity index (χ1n) is 7.17. The number of amides is 1. The Kier molecular flexibility index (Phi) is 6.90. The van der Waals surface area contributed by atoms with Crippen molar-refractivity contribution in [1.82, 2.24) is 4.90 Å². The Bertz CT molecular complexity index is 545. The maximum absolute atomic E-state index is 14.1. The van der Waals surface area contributed by atoms with Crippen LogP contribution in [0.3, 0.4) is 0 Å². The minimum atomic E-state index is -0.564. The van der Waals surface area contributed by atoms with Crippen LogP contribution in [0.25, 0.3) is 0 Å². The van der Waals surface area contributed by atoms with Crippen LogP contribution in [-0.2, 0) is 0 Å². The molecule has 3 nitrogen and oxygen atoms in total. The topological polar surface area (TPSA) is 40.5 Å². The minimum absolute atomic E-state index is 0.0217. The zero-order valence-electron chi connectivity index (χ0n) is 12.8. The molecule has 1 N–H and O–H groups in total. The van der Waals surface area contributed by atoms with E-state index in [-0.39, 0.29) is 24.1 Å². The summed E-state index contributed by atoms with van der Waals surface area (Å²) in [5.41, 5.74) is 0.565. The third kappa shape index (κ3) is 4.87. The lowest BCUT2D eigenvalue weighted by Crippen LogP contribution is -2.35. The number of carbonyl (C=O) groups excluding carboxylic acids is 1. The average Bonchev–Trinajstić information content (AvgIpc) is 2.46. The van der Waals surface area contributed by atoms with E-state index in [0.717, 1.165) is 12.8 Å². The van der Waals surface area contributed by atoms with E-state index in [2.05, 4.69) is 18.8 Å². The summed E-state index contributed by atoms with van der Waals surface area (Å²) in [7, 11) is 1.69. The van der Waals surface area contributed by atoms with Crippen LogP contribution in [0.4, 0.5) is 4.39 Å². The van der Waals surface area contributed by atoms with E-state index >= 15 is 0 Å². The highest BCUT2D eigenvalue weighted by Gasteiger charge is 2.19. The Balaban J connectivity index is 2.90. The lowest BCUT2D eigenvalue weighted by molar-refractivity contribution is 0.0732. The molecule has 0 saturated heterocycles. The van der Waals surface area contributed by atoms with Crippen molar-refractivity contribution in [3.05, 3.63) is 35.1 Å². The predicted molar refractivity (Wildman–Crippen MR) is 81.4 cm³/mol. The Morgan fingerprint density at radius 2 is 2.19 bits per heavy atom. The molecule has 0 fully saturated rings. The first-order valence-corrected chi connectivity index (χ1v) is 7.17. The molecule has 0 aliphatic rings. The van der Waals surface area contributed by atoms with Gasteiger partial charge in [-0.25, -0.2) is 4.39 Å². The Morgan fingerprint density at radius 3 is 2.76 bits per heavy atom. The summed E-state index contributed by atoms with van der Waals surface area (Å²) >= 11 is 0. The summed E-state index contributed by atoms with van der Waals surface area (Å²) in [6, 6.07) is 4.43. The molecule has 0 spiro atoms. The van der Waals surface area contributed by atoms with Crippen molar-refractivity contribution in [1.29, 1.82) is 0 Å². The molecule has 0 heterocycles. The number of hydrogen-bond donors (Lipinski definition) is 1. The van der Waals surface area contributed by atoms with Crippen LogP contribution in [0.1, 0.15) is 49.0 Å². The molecule has 1 atom stereocenters. The lowest BCUT2D eigenvalue weighted by atomic mass is 10.1. The maximum atomic E-state index is 14.1. The van der Waals surface area contributed by atoms with Gasteiger partial charge >= 0.3 is 0 Å². The molecule has 0 aliphatic heterocycles. The van der Waals surface area contributed by atoms with Gasteiger partial charge in [-0.15, -0.1) is 0 Å². The highest BCUT2D eigenvalue weighted by atomic mass is 19.1. The smallest absolute Gasteiger partial charge is 0.256 e. The average molecular weight is 291 g/mol. The second-order valence-electron chi connectivity index (χ2n) is 5.02. The molecule has 0 saturated carbocycles. The van der Waals surface area contributed by atoms with E-state index in [1.165, 1.54) is 12.1 Å². The normalized spacial score (nSPS) is 11.5. The molecule has 1 unspecified atom stereocenters. The summed E-state index contributed by atoms with van der Waals surface area (Å²) in [6.45, 7) is 3.98. The molecule has 4 heteroatoms. The van der Waals surface area contributed by atoms with Crippen molar-refractivity contribution in [3.63, 3.8) is 0 Å². The van der Waals surface area contributed by atoms with E-state index in [4.69, 9.17) is 5.11 Å². The maximum Gasteiger partial charge on any atom is 0.256 e. The predicted octanol–water partition coefficient (Wildman–Crippen LogP) is 2.82. The van der Waals surface area contributed by atoms with Crippen molar-refractivity contribution >= 4 is 5.91 Å². The molecule has 0 aliphatic carbocycles. The number of aliphatic hydroxyl groups is 1. The Labute approximate surface area is 125 Å². The second kappa shape index (κ2) is 8.43. The van der Waals surface area contributed by atoms with E-state index in [1.807, 2.05) is 6.92 Å². The van der Waals surface area contributed by atoms with Gasteiger partial charge in [-0.1, -0.05) is 25.2 Å².